The van der Waals surface area contributed by atoms with Gasteiger partial charge >= 0.3 is 5.97 Å². The van der Waals surface area contributed by atoms with E-state index in [0.717, 1.165) is 6.42 Å². The van der Waals surface area contributed by atoms with Crippen molar-refractivity contribution in [1.82, 2.24) is 4.90 Å². The van der Waals surface area contributed by atoms with E-state index in [1.165, 1.54) is 0 Å². The fourth-order valence-electron chi connectivity index (χ4n) is 2.00. The maximum absolute atomic E-state index is 12.0. The molecule has 0 saturated carbocycles. The highest BCUT2D eigenvalue weighted by atomic mass is 16.4. The standard InChI is InChI=1S/C13H26N2O3/c1-4-15(6-5-13(17)18)12(16)8-11(9-14)7-10(2)3/h10-11H,4-9,14H2,1-3H3,(H,17,18). The normalized spacial score (nSPS) is 12.5. The number of amides is 1. The predicted molar refractivity (Wildman–Crippen MR) is 71.1 cm³/mol. The zero-order chi connectivity index (χ0) is 14.1. The monoisotopic (exact) mass is 258 g/mol. The van der Waals surface area contributed by atoms with Gasteiger partial charge in [-0.25, -0.2) is 0 Å². The number of aliphatic carboxylic acids is 1. The van der Waals surface area contributed by atoms with Crippen LogP contribution in [-0.2, 0) is 9.59 Å². The van der Waals surface area contributed by atoms with Crippen LogP contribution in [0.4, 0.5) is 0 Å². The van der Waals surface area contributed by atoms with Gasteiger partial charge in [-0.1, -0.05) is 13.8 Å². The van der Waals surface area contributed by atoms with E-state index in [9.17, 15) is 9.59 Å². The Bertz CT molecular complexity index is 267. The molecular weight excluding hydrogens is 232 g/mol. The number of carboxylic acid groups (broad SMARTS) is 1. The fraction of sp³-hybridized carbons (Fsp3) is 0.846. The van der Waals surface area contributed by atoms with Gasteiger partial charge < -0.3 is 15.7 Å². The summed E-state index contributed by atoms with van der Waals surface area (Å²) in [7, 11) is 0. The summed E-state index contributed by atoms with van der Waals surface area (Å²) < 4.78 is 0. The Hall–Kier alpha value is -1.10. The number of carbonyl (C=O) groups is 2. The summed E-state index contributed by atoms with van der Waals surface area (Å²) in [5.74, 6) is -0.162. The molecule has 0 aromatic heterocycles. The van der Waals surface area contributed by atoms with Gasteiger partial charge in [-0.15, -0.1) is 0 Å². The van der Waals surface area contributed by atoms with Crippen LogP contribution in [0.3, 0.4) is 0 Å². The van der Waals surface area contributed by atoms with Gasteiger partial charge in [-0.3, -0.25) is 9.59 Å². The van der Waals surface area contributed by atoms with Crippen molar-refractivity contribution >= 4 is 11.9 Å². The van der Waals surface area contributed by atoms with E-state index >= 15 is 0 Å². The third-order valence-electron chi connectivity index (χ3n) is 2.93. The molecule has 0 fully saturated rings. The number of carboxylic acids is 1. The van der Waals surface area contributed by atoms with Gasteiger partial charge in [0, 0.05) is 19.5 Å². The zero-order valence-electron chi connectivity index (χ0n) is 11.7. The minimum Gasteiger partial charge on any atom is -0.481 e. The van der Waals surface area contributed by atoms with Gasteiger partial charge in [-0.05, 0) is 31.7 Å². The number of hydrogen-bond donors (Lipinski definition) is 2. The number of rotatable bonds is 9. The van der Waals surface area contributed by atoms with Crippen molar-refractivity contribution in [1.29, 1.82) is 0 Å². The molecule has 1 unspecified atom stereocenters. The molecular formula is C13H26N2O3. The molecule has 0 aromatic carbocycles. The highest BCUT2D eigenvalue weighted by molar-refractivity contribution is 5.77. The first-order valence-corrected chi connectivity index (χ1v) is 6.60. The lowest BCUT2D eigenvalue weighted by Gasteiger charge is -2.23. The van der Waals surface area contributed by atoms with Gasteiger partial charge in [0.25, 0.3) is 0 Å². The van der Waals surface area contributed by atoms with Gasteiger partial charge in [-0.2, -0.15) is 0 Å². The summed E-state index contributed by atoms with van der Waals surface area (Å²) >= 11 is 0. The molecule has 5 heteroatoms. The highest BCUT2D eigenvalue weighted by Gasteiger charge is 2.18. The van der Waals surface area contributed by atoms with Crippen LogP contribution in [0.25, 0.3) is 0 Å². The second-order valence-corrected chi connectivity index (χ2v) is 5.05. The molecule has 0 spiro atoms. The molecule has 3 N–H and O–H groups in total. The maximum atomic E-state index is 12.0. The van der Waals surface area contributed by atoms with Crippen LogP contribution in [0.5, 0.6) is 0 Å². The first kappa shape index (κ1) is 16.9. The molecule has 0 saturated heterocycles. The van der Waals surface area contributed by atoms with Gasteiger partial charge in [0.05, 0.1) is 6.42 Å². The van der Waals surface area contributed by atoms with Gasteiger partial charge in [0.2, 0.25) is 5.91 Å². The lowest BCUT2D eigenvalue weighted by Crippen LogP contribution is -2.35. The van der Waals surface area contributed by atoms with E-state index in [0.29, 0.717) is 25.4 Å². The molecule has 1 atom stereocenters. The van der Waals surface area contributed by atoms with E-state index in [-0.39, 0.29) is 24.8 Å². The number of nitrogens with zero attached hydrogens (tertiary/aromatic N) is 1. The molecule has 106 valence electrons. The summed E-state index contributed by atoms with van der Waals surface area (Å²) in [5.41, 5.74) is 5.67. The first-order chi connectivity index (χ1) is 8.40. The Balaban J connectivity index is 4.27. The Kier molecular flexibility index (Phi) is 8.37. The van der Waals surface area contributed by atoms with Crippen LogP contribution in [0.15, 0.2) is 0 Å². The molecule has 1 amide bonds. The van der Waals surface area contributed by atoms with Crippen LogP contribution in [0, 0.1) is 11.8 Å². The zero-order valence-corrected chi connectivity index (χ0v) is 11.7. The lowest BCUT2D eigenvalue weighted by molar-refractivity contribution is -0.138. The minimum absolute atomic E-state index is 0.00292. The van der Waals surface area contributed by atoms with Crippen LogP contribution in [0.1, 0.15) is 40.0 Å². The maximum Gasteiger partial charge on any atom is 0.305 e. The molecule has 0 radical (unpaired) electrons. The van der Waals surface area contributed by atoms with Crippen LogP contribution < -0.4 is 5.73 Å². The third-order valence-corrected chi connectivity index (χ3v) is 2.93. The largest absolute Gasteiger partial charge is 0.481 e. The van der Waals surface area contributed by atoms with Crippen molar-refractivity contribution in [3.05, 3.63) is 0 Å². The first-order valence-electron chi connectivity index (χ1n) is 6.60. The van der Waals surface area contributed by atoms with E-state index in [1.807, 2.05) is 6.92 Å². The quantitative estimate of drug-likeness (QED) is 0.653. The van der Waals surface area contributed by atoms with E-state index in [1.54, 1.807) is 4.90 Å². The number of carbonyl (C=O) groups excluding carboxylic acids is 1. The molecule has 0 heterocycles. The third kappa shape index (κ3) is 7.27. The van der Waals surface area contributed by atoms with Gasteiger partial charge in [0.1, 0.15) is 0 Å². The molecule has 0 aliphatic rings. The van der Waals surface area contributed by atoms with Crippen LogP contribution in [0.2, 0.25) is 0 Å². The molecule has 0 aliphatic heterocycles. The SMILES string of the molecule is CCN(CCC(=O)O)C(=O)CC(CN)CC(C)C. The smallest absolute Gasteiger partial charge is 0.305 e. The topological polar surface area (TPSA) is 83.6 Å². The average Bonchev–Trinajstić information content (AvgIpc) is 2.27. The van der Waals surface area contributed by atoms with E-state index in [2.05, 4.69) is 13.8 Å². The Morgan fingerprint density at radius 2 is 1.94 bits per heavy atom. The fourth-order valence-corrected chi connectivity index (χ4v) is 2.00. The molecule has 18 heavy (non-hydrogen) atoms. The van der Waals surface area contributed by atoms with E-state index in [4.69, 9.17) is 10.8 Å². The van der Waals surface area contributed by atoms with E-state index < -0.39 is 5.97 Å². The second kappa shape index (κ2) is 8.91. The number of hydrogen-bond acceptors (Lipinski definition) is 3. The molecule has 0 aromatic rings. The van der Waals surface area contributed by atoms with Crippen LogP contribution in [-0.4, -0.2) is 41.5 Å². The Morgan fingerprint density at radius 3 is 2.33 bits per heavy atom. The second-order valence-electron chi connectivity index (χ2n) is 5.05. The summed E-state index contributed by atoms with van der Waals surface area (Å²) in [6, 6.07) is 0. The minimum atomic E-state index is -0.876. The van der Waals surface area contributed by atoms with Crippen molar-refractivity contribution < 1.29 is 14.7 Å². The average molecular weight is 258 g/mol. The van der Waals surface area contributed by atoms with Crippen LogP contribution >= 0.6 is 0 Å². The highest BCUT2D eigenvalue weighted by Crippen LogP contribution is 2.15. The predicted octanol–water partition coefficient (Wildman–Crippen LogP) is 1.32. The van der Waals surface area contributed by atoms with Crippen molar-refractivity contribution in [2.45, 2.75) is 40.0 Å². The Labute approximate surface area is 109 Å². The Morgan fingerprint density at radius 1 is 1.33 bits per heavy atom. The molecule has 0 bridgehead atoms. The molecule has 0 aliphatic carbocycles. The van der Waals surface area contributed by atoms with Crippen molar-refractivity contribution in [3.63, 3.8) is 0 Å². The molecule has 0 rings (SSSR count). The molecule has 5 nitrogen and oxygen atoms in total. The summed E-state index contributed by atoms with van der Waals surface area (Å²) in [4.78, 5) is 24.1. The summed E-state index contributed by atoms with van der Waals surface area (Å²) in [6.45, 7) is 7.40. The number of nitrogens with two attached hydrogens (primary N) is 1. The van der Waals surface area contributed by atoms with Gasteiger partial charge in [0.15, 0.2) is 0 Å². The van der Waals surface area contributed by atoms with Crippen molar-refractivity contribution in [3.8, 4) is 0 Å². The summed E-state index contributed by atoms with van der Waals surface area (Å²) in [5, 5.41) is 8.63. The lowest BCUT2D eigenvalue weighted by atomic mass is 9.94. The van der Waals surface area contributed by atoms with Crippen molar-refractivity contribution in [2.24, 2.45) is 17.6 Å². The summed E-state index contributed by atoms with van der Waals surface area (Å²) in [6.07, 6.45) is 1.35. The van der Waals surface area contributed by atoms with Crippen molar-refractivity contribution in [2.75, 3.05) is 19.6 Å².